The van der Waals surface area contributed by atoms with Crippen molar-refractivity contribution in [2.75, 3.05) is 32.7 Å². The number of piperazine rings is 1. The third-order valence-electron chi connectivity index (χ3n) is 5.97. The lowest BCUT2D eigenvalue weighted by atomic mass is 9.98. The lowest BCUT2D eigenvalue weighted by Gasteiger charge is -2.41. The molecule has 1 N–H and O–H groups in total. The predicted molar refractivity (Wildman–Crippen MR) is 121 cm³/mol. The Morgan fingerprint density at radius 3 is 2.48 bits per heavy atom. The van der Waals surface area contributed by atoms with E-state index >= 15 is 0 Å². The van der Waals surface area contributed by atoms with Crippen LogP contribution < -0.4 is 5.32 Å². The number of amides is 5. The van der Waals surface area contributed by atoms with E-state index in [1.807, 2.05) is 43.3 Å². The van der Waals surface area contributed by atoms with Crippen LogP contribution in [0.1, 0.15) is 18.9 Å². The van der Waals surface area contributed by atoms with Crippen molar-refractivity contribution in [3.63, 3.8) is 0 Å². The highest BCUT2D eigenvalue weighted by Gasteiger charge is 2.39. The van der Waals surface area contributed by atoms with Gasteiger partial charge in [0.05, 0.1) is 0 Å². The molecule has 0 radical (unpaired) electrons. The molecule has 2 aliphatic heterocycles. The Hall–Kier alpha value is -3.75. The van der Waals surface area contributed by atoms with Gasteiger partial charge in [0.1, 0.15) is 19.1 Å². The zero-order chi connectivity index (χ0) is 23.4. The number of hydrogen-bond acceptors (Lipinski definition) is 5. The quantitative estimate of drug-likeness (QED) is 0.642. The summed E-state index contributed by atoms with van der Waals surface area (Å²) in [5.74, 6) is -0.849. The number of benzene rings is 1. The van der Waals surface area contributed by atoms with Crippen molar-refractivity contribution in [2.45, 2.75) is 25.8 Å². The molecule has 0 saturated carbocycles. The van der Waals surface area contributed by atoms with Gasteiger partial charge in [-0.05, 0) is 29.2 Å². The van der Waals surface area contributed by atoms with Gasteiger partial charge in [-0.15, -0.1) is 0 Å². The van der Waals surface area contributed by atoms with Gasteiger partial charge in [0.25, 0.3) is 0 Å². The van der Waals surface area contributed by atoms with Crippen molar-refractivity contribution in [3.05, 3.63) is 54.4 Å². The number of aromatic nitrogens is 1. The summed E-state index contributed by atoms with van der Waals surface area (Å²) in [6, 6.07) is 10.5. The Morgan fingerprint density at radius 2 is 1.85 bits per heavy atom. The average molecular weight is 450 g/mol. The van der Waals surface area contributed by atoms with Gasteiger partial charge in [0.2, 0.25) is 17.7 Å². The maximum absolute atomic E-state index is 13.3. The number of rotatable bonds is 7. The summed E-state index contributed by atoms with van der Waals surface area (Å²) in [5.41, 5.74) is 2.96. The SMILES string of the molecule is CCCN1CCN(C(=O)CN2CC(=O)NC2=O)[C@@H](Cc2ccc(-c3cccnc3)cc2)C1=O. The highest BCUT2D eigenvalue weighted by Crippen LogP contribution is 2.22. The van der Waals surface area contributed by atoms with Crippen LogP contribution in [0.2, 0.25) is 0 Å². The van der Waals surface area contributed by atoms with Gasteiger partial charge in [-0.2, -0.15) is 0 Å². The van der Waals surface area contributed by atoms with E-state index in [1.54, 1.807) is 22.2 Å². The molecular formula is C24H27N5O4. The van der Waals surface area contributed by atoms with E-state index in [9.17, 15) is 19.2 Å². The first-order valence-electron chi connectivity index (χ1n) is 11.1. The van der Waals surface area contributed by atoms with E-state index in [1.165, 1.54) is 4.90 Å². The first-order chi connectivity index (χ1) is 16.0. The second kappa shape index (κ2) is 9.81. The van der Waals surface area contributed by atoms with Crippen molar-refractivity contribution in [1.82, 2.24) is 25.0 Å². The van der Waals surface area contributed by atoms with Crippen LogP contribution in [0.15, 0.2) is 48.8 Å². The molecule has 172 valence electrons. The number of pyridine rings is 1. The van der Waals surface area contributed by atoms with Crippen molar-refractivity contribution >= 4 is 23.8 Å². The lowest BCUT2D eigenvalue weighted by Crippen LogP contribution is -2.61. The van der Waals surface area contributed by atoms with Gasteiger partial charge in [0, 0.05) is 38.4 Å². The summed E-state index contributed by atoms with van der Waals surface area (Å²) in [6.07, 6.45) is 4.73. The maximum atomic E-state index is 13.3. The van der Waals surface area contributed by atoms with Gasteiger partial charge in [0.15, 0.2) is 0 Å². The van der Waals surface area contributed by atoms with E-state index in [2.05, 4.69) is 10.3 Å². The molecule has 1 aromatic carbocycles. The molecule has 0 bridgehead atoms. The molecule has 2 aliphatic rings. The summed E-state index contributed by atoms with van der Waals surface area (Å²) in [7, 11) is 0. The van der Waals surface area contributed by atoms with Gasteiger partial charge in [-0.3, -0.25) is 24.7 Å². The lowest BCUT2D eigenvalue weighted by molar-refractivity contribution is -0.151. The molecule has 0 unspecified atom stereocenters. The van der Waals surface area contributed by atoms with E-state index in [0.29, 0.717) is 26.1 Å². The largest absolute Gasteiger partial charge is 0.339 e. The topological polar surface area (TPSA) is 103 Å². The number of urea groups is 1. The molecule has 9 heteroatoms. The smallest absolute Gasteiger partial charge is 0.325 e. The van der Waals surface area contributed by atoms with Crippen molar-refractivity contribution in [1.29, 1.82) is 0 Å². The van der Waals surface area contributed by atoms with Crippen LogP contribution in [-0.2, 0) is 20.8 Å². The summed E-state index contributed by atoms with van der Waals surface area (Å²) in [6.45, 7) is 3.14. The third kappa shape index (κ3) is 5.02. The fourth-order valence-electron chi connectivity index (χ4n) is 4.28. The predicted octanol–water partition coefficient (Wildman–Crippen LogP) is 1.29. The van der Waals surface area contributed by atoms with Gasteiger partial charge in [-0.1, -0.05) is 37.3 Å². The standard InChI is InChI=1S/C24H27N5O4/c1-2-10-27-11-12-29(22(31)16-28-15-21(30)26-24(28)33)20(23(27)32)13-17-5-7-18(8-6-17)19-4-3-9-25-14-19/h3-9,14,20H,2,10-13,15-16H2,1H3,(H,26,30,33)/t20-/m0/s1. The first kappa shape index (κ1) is 22.4. The summed E-state index contributed by atoms with van der Waals surface area (Å²) < 4.78 is 0. The monoisotopic (exact) mass is 449 g/mol. The molecule has 4 rings (SSSR count). The number of carbonyl (C=O) groups excluding carboxylic acids is 4. The van der Waals surface area contributed by atoms with E-state index in [-0.39, 0.29) is 24.9 Å². The van der Waals surface area contributed by atoms with Crippen LogP contribution in [0.25, 0.3) is 11.1 Å². The molecular weight excluding hydrogens is 422 g/mol. The Balaban J connectivity index is 1.51. The van der Waals surface area contributed by atoms with Crippen LogP contribution in [0.5, 0.6) is 0 Å². The number of imide groups is 1. The van der Waals surface area contributed by atoms with E-state index < -0.39 is 18.0 Å². The number of nitrogens with zero attached hydrogens (tertiary/aromatic N) is 4. The molecule has 2 saturated heterocycles. The van der Waals surface area contributed by atoms with Crippen molar-refractivity contribution < 1.29 is 19.2 Å². The highest BCUT2D eigenvalue weighted by molar-refractivity contribution is 6.03. The van der Waals surface area contributed by atoms with Crippen LogP contribution in [0, 0.1) is 0 Å². The number of carbonyl (C=O) groups is 4. The highest BCUT2D eigenvalue weighted by atomic mass is 16.2. The second-order valence-electron chi connectivity index (χ2n) is 8.28. The number of hydrogen-bond donors (Lipinski definition) is 1. The molecule has 33 heavy (non-hydrogen) atoms. The molecule has 1 aromatic heterocycles. The Bertz CT molecular complexity index is 1040. The van der Waals surface area contributed by atoms with Gasteiger partial charge in [-0.25, -0.2) is 4.79 Å². The van der Waals surface area contributed by atoms with Crippen molar-refractivity contribution in [2.24, 2.45) is 0 Å². The fraction of sp³-hybridized carbons (Fsp3) is 0.375. The maximum Gasteiger partial charge on any atom is 0.325 e. The Morgan fingerprint density at radius 1 is 1.06 bits per heavy atom. The molecule has 5 amide bonds. The van der Waals surface area contributed by atoms with Crippen molar-refractivity contribution in [3.8, 4) is 11.1 Å². The zero-order valence-electron chi connectivity index (χ0n) is 18.6. The summed E-state index contributed by atoms with van der Waals surface area (Å²) in [4.78, 5) is 58.3. The molecule has 0 spiro atoms. The van der Waals surface area contributed by atoms with Crippen LogP contribution in [0.3, 0.4) is 0 Å². The van der Waals surface area contributed by atoms with Crippen LogP contribution in [-0.4, -0.2) is 82.2 Å². The minimum absolute atomic E-state index is 0.0882. The third-order valence-corrected chi connectivity index (χ3v) is 5.97. The summed E-state index contributed by atoms with van der Waals surface area (Å²) >= 11 is 0. The first-order valence-corrected chi connectivity index (χ1v) is 11.1. The Kier molecular flexibility index (Phi) is 6.67. The fourth-order valence-corrected chi connectivity index (χ4v) is 4.28. The molecule has 1 atom stereocenters. The zero-order valence-corrected chi connectivity index (χ0v) is 18.6. The van der Waals surface area contributed by atoms with Gasteiger partial charge >= 0.3 is 6.03 Å². The Labute approximate surface area is 192 Å². The number of nitrogens with one attached hydrogen (secondary N) is 1. The normalized spacial score (nSPS) is 18.6. The average Bonchev–Trinajstić information content (AvgIpc) is 3.14. The van der Waals surface area contributed by atoms with Gasteiger partial charge < -0.3 is 14.7 Å². The summed E-state index contributed by atoms with van der Waals surface area (Å²) in [5, 5.41) is 2.18. The minimum atomic E-state index is -0.650. The van der Waals surface area contributed by atoms with Crippen LogP contribution in [0.4, 0.5) is 4.79 Å². The molecule has 2 aromatic rings. The molecule has 2 fully saturated rings. The van der Waals surface area contributed by atoms with E-state index in [0.717, 1.165) is 23.1 Å². The molecule has 0 aliphatic carbocycles. The molecule has 9 nitrogen and oxygen atoms in total. The molecule has 3 heterocycles. The minimum Gasteiger partial charge on any atom is -0.339 e. The second-order valence-corrected chi connectivity index (χ2v) is 8.28. The van der Waals surface area contributed by atoms with Crippen LogP contribution >= 0.6 is 0 Å². The van der Waals surface area contributed by atoms with E-state index in [4.69, 9.17) is 0 Å².